The van der Waals surface area contributed by atoms with Gasteiger partial charge in [0.2, 0.25) is 0 Å². The molecule has 1 aromatic rings. The lowest BCUT2D eigenvalue weighted by atomic mass is 10.0. The summed E-state index contributed by atoms with van der Waals surface area (Å²) in [6.45, 7) is 8.43. The number of carboxylic acid groups (broad SMARTS) is 1. The molecule has 2 heterocycles. The van der Waals surface area contributed by atoms with Crippen molar-refractivity contribution in [2.45, 2.75) is 58.5 Å². The highest BCUT2D eigenvalue weighted by atomic mass is 16.4. The van der Waals surface area contributed by atoms with E-state index in [1.165, 1.54) is 4.90 Å². The predicted octanol–water partition coefficient (Wildman–Crippen LogP) is 2.03. The summed E-state index contributed by atoms with van der Waals surface area (Å²) >= 11 is 0. The third-order valence-corrected chi connectivity index (χ3v) is 3.79. The van der Waals surface area contributed by atoms with E-state index in [-0.39, 0.29) is 11.4 Å². The maximum atomic E-state index is 12.6. The van der Waals surface area contributed by atoms with Crippen molar-refractivity contribution in [2.24, 2.45) is 0 Å². The van der Waals surface area contributed by atoms with E-state index in [4.69, 9.17) is 0 Å². The van der Waals surface area contributed by atoms with Gasteiger partial charge in [-0.1, -0.05) is 0 Å². The molecule has 21 heavy (non-hydrogen) atoms. The van der Waals surface area contributed by atoms with E-state index in [1.807, 2.05) is 27.7 Å². The van der Waals surface area contributed by atoms with Crippen LogP contribution in [-0.4, -0.2) is 44.3 Å². The van der Waals surface area contributed by atoms with E-state index in [1.54, 1.807) is 10.7 Å². The van der Waals surface area contributed by atoms with Crippen LogP contribution in [0.15, 0.2) is 6.07 Å². The lowest BCUT2D eigenvalue weighted by molar-refractivity contribution is -0.143. The van der Waals surface area contributed by atoms with Crippen molar-refractivity contribution in [1.29, 1.82) is 0 Å². The van der Waals surface area contributed by atoms with Gasteiger partial charge in [-0.3, -0.25) is 9.48 Å². The molecule has 1 saturated heterocycles. The fourth-order valence-corrected chi connectivity index (χ4v) is 2.84. The number of carbonyl (C=O) groups is 2. The number of aryl methyl sites for hydroxylation is 1. The molecule has 1 aliphatic heterocycles. The van der Waals surface area contributed by atoms with Crippen molar-refractivity contribution in [1.82, 2.24) is 14.7 Å². The average Bonchev–Trinajstić information content (AvgIpc) is 2.80. The standard InChI is InChI=1S/C15H23N3O3/c1-10-9-11(16-18(10)15(2,3)4)13(19)17-8-6-5-7-12(17)14(20)21/h9,12H,5-8H2,1-4H3,(H,20,21)/t12-/m0/s1. The van der Waals surface area contributed by atoms with Gasteiger partial charge in [0.15, 0.2) is 5.69 Å². The van der Waals surface area contributed by atoms with Gasteiger partial charge in [0.05, 0.1) is 5.54 Å². The van der Waals surface area contributed by atoms with Crippen LogP contribution in [0.2, 0.25) is 0 Å². The Morgan fingerprint density at radius 3 is 2.52 bits per heavy atom. The van der Waals surface area contributed by atoms with E-state index in [2.05, 4.69) is 5.10 Å². The molecule has 1 aliphatic rings. The van der Waals surface area contributed by atoms with Crippen molar-refractivity contribution < 1.29 is 14.7 Å². The Balaban J connectivity index is 2.29. The summed E-state index contributed by atoms with van der Waals surface area (Å²) in [5.74, 6) is -1.22. The van der Waals surface area contributed by atoms with Crippen molar-refractivity contribution in [3.8, 4) is 0 Å². The van der Waals surface area contributed by atoms with E-state index in [0.29, 0.717) is 18.7 Å². The Bertz CT molecular complexity index is 557. The number of aliphatic carboxylic acids is 1. The number of likely N-dealkylation sites (tertiary alicyclic amines) is 1. The van der Waals surface area contributed by atoms with Crippen LogP contribution < -0.4 is 0 Å². The third-order valence-electron chi connectivity index (χ3n) is 3.79. The SMILES string of the molecule is Cc1cc(C(=O)N2CCCC[C@H]2C(=O)O)nn1C(C)(C)C. The molecule has 0 unspecified atom stereocenters. The van der Waals surface area contributed by atoms with Crippen LogP contribution in [-0.2, 0) is 10.3 Å². The van der Waals surface area contributed by atoms with Gasteiger partial charge >= 0.3 is 5.97 Å². The smallest absolute Gasteiger partial charge is 0.326 e. The highest BCUT2D eigenvalue weighted by molar-refractivity contribution is 5.95. The van der Waals surface area contributed by atoms with E-state index in [9.17, 15) is 14.7 Å². The Morgan fingerprint density at radius 2 is 2.00 bits per heavy atom. The van der Waals surface area contributed by atoms with E-state index < -0.39 is 12.0 Å². The number of amides is 1. The molecule has 1 amide bonds. The number of nitrogens with zero attached hydrogens (tertiary/aromatic N) is 3. The first-order valence-electron chi connectivity index (χ1n) is 7.32. The number of rotatable bonds is 2. The first-order chi connectivity index (χ1) is 9.71. The first-order valence-corrected chi connectivity index (χ1v) is 7.32. The number of carbonyl (C=O) groups excluding carboxylic acids is 1. The highest BCUT2D eigenvalue weighted by Gasteiger charge is 2.34. The van der Waals surface area contributed by atoms with Crippen LogP contribution in [0.3, 0.4) is 0 Å². The molecule has 1 atom stereocenters. The van der Waals surface area contributed by atoms with Gasteiger partial charge in [-0.15, -0.1) is 0 Å². The normalized spacial score (nSPS) is 19.6. The molecule has 6 nitrogen and oxygen atoms in total. The molecular weight excluding hydrogens is 270 g/mol. The van der Waals surface area contributed by atoms with Crippen molar-refractivity contribution >= 4 is 11.9 Å². The van der Waals surface area contributed by atoms with Crippen molar-refractivity contribution in [3.63, 3.8) is 0 Å². The van der Waals surface area contributed by atoms with Gasteiger partial charge in [-0.05, 0) is 53.0 Å². The monoisotopic (exact) mass is 293 g/mol. The molecule has 0 spiro atoms. The van der Waals surface area contributed by atoms with Crippen LogP contribution in [0, 0.1) is 6.92 Å². The largest absolute Gasteiger partial charge is 0.480 e. The summed E-state index contributed by atoms with van der Waals surface area (Å²) in [6.07, 6.45) is 2.20. The summed E-state index contributed by atoms with van der Waals surface area (Å²) in [4.78, 5) is 25.4. The highest BCUT2D eigenvalue weighted by Crippen LogP contribution is 2.22. The zero-order valence-electron chi connectivity index (χ0n) is 13.1. The number of piperidine rings is 1. The summed E-state index contributed by atoms with van der Waals surface area (Å²) in [5.41, 5.74) is 1.02. The molecule has 1 fully saturated rings. The fraction of sp³-hybridized carbons (Fsp3) is 0.667. The minimum Gasteiger partial charge on any atom is -0.480 e. The number of aromatic nitrogens is 2. The second-order valence-corrected chi connectivity index (χ2v) is 6.60. The maximum absolute atomic E-state index is 12.6. The quantitative estimate of drug-likeness (QED) is 0.905. The predicted molar refractivity (Wildman–Crippen MR) is 78.3 cm³/mol. The maximum Gasteiger partial charge on any atom is 0.326 e. The van der Waals surface area contributed by atoms with Crippen LogP contribution >= 0.6 is 0 Å². The Hall–Kier alpha value is -1.85. The van der Waals surface area contributed by atoms with Gasteiger partial charge in [-0.25, -0.2) is 4.79 Å². The molecule has 0 aliphatic carbocycles. The zero-order valence-corrected chi connectivity index (χ0v) is 13.1. The Morgan fingerprint density at radius 1 is 1.33 bits per heavy atom. The average molecular weight is 293 g/mol. The van der Waals surface area contributed by atoms with Crippen molar-refractivity contribution in [3.05, 3.63) is 17.5 Å². The zero-order chi connectivity index (χ0) is 15.8. The van der Waals surface area contributed by atoms with Crippen LogP contribution in [0.5, 0.6) is 0 Å². The molecule has 0 aromatic carbocycles. The van der Waals surface area contributed by atoms with E-state index in [0.717, 1.165) is 18.5 Å². The molecule has 0 saturated carbocycles. The molecule has 6 heteroatoms. The second-order valence-electron chi connectivity index (χ2n) is 6.60. The summed E-state index contributed by atoms with van der Waals surface area (Å²) in [5, 5.41) is 13.7. The minimum atomic E-state index is -0.935. The second kappa shape index (κ2) is 5.50. The molecule has 1 aromatic heterocycles. The summed E-state index contributed by atoms with van der Waals surface area (Å²) < 4.78 is 1.81. The summed E-state index contributed by atoms with van der Waals surface area (Å²) in [7, 11) is 0. The van der Waals surface area contributed by atoms with Gasteiger partial charge in [0, 0.05) is 12.2 Å². The fourth-order valence-electron chi connectivity index (χ4n) is 2.84. The molecule has 2 rings (SSSR count). The Kier molecular flexibility index (Phi) is 4.07. The lowest BCUT2D eigenvalue weighted by Crippen LogP contribution is -2.48. The Labute approximate surface area is 124 Å². The molecule has 1 N–H and O–H groups in total. The number of carboxylic acids is 1. The molecular formula is C15H23N3O3. The van der Waals surface area contributed by atoms with Crippen LogP contribution in [0.25, 0.3) is 0 Å². The minimum absolute atomic E-state index is 0.212. The van der Waals surface area contributed by atoms with Gasteiger partial charge in [0.1, 0.15) is 6.04 Å². The van der Waals surface area contributed by atoms with Gasteiger partial charge in [0.25, 0.3) is 5.91 Å². The number of hydrogen-bond acceptors (Lipinski definition) is 3. The number of hydrogen-bond donors (Lipinski definition) is 1. The molecule has 116 valence electrons. The lowest BCUT2D eigenvalue weighted by Gasteiger charge is -2.32. The third kappa shape index (κ3) is 3.09. The van der Waals surface area contributed by atoms with E-state index >= 15 is 0 Å². The van der Waals surface area contributed by atoms with Crippen LogP contribution in [0.1, 0.15) is 56.2 Å². The topological polar surface area (TPSA) is 75.4 Å². The van der Waals surface area contributed by atoms with Crippen molar-refractivity contribution in [2.75, 3.05) is 6.54 Å². The van der Waals surface area contributed by atoms with Gasteiger partial charge < -0.3 is 10.0 Å². The molecule has 0 bridgehead atoms. The summed E-state index contributed by atoms with van der Waals surface area (Å²) in [6, 6.07) is 1.01. The van der Waals surface area contributed by atoms with Gasteiger partial charge in [-0.2, -0.15) is 5.10 Å². The first kappa shape index (κ1) is 15.5. The van der Waals surface area contributed by atoms with Crippen LogP contribution in [0.4, 0.5) is 0 Å². The molecule has 0 radical (unpaired) electrons.